The maximum atomic E-state index is 13.1. The molecule has 1 aromatic carbocycles. The topological polar surface area (TPSA) is 77.8 Å². The van der Waals surface area contributed by atoms with E-state index in [-0.39, 0.29) is 24.9 Å². The van der Waals surface area contributed by atoms with Crippen molar-refractivity contribution in [2.45, 2.75) is 6.04 Å². The smallest absolute Gasteiger partial charge is 0.309 e. The van der Waals surface area contributed by atoms with E-state index < -0.39 is 11.8 Å². The van der Waals surface area contributed by atoms with E-state index >= 15 is 0 Å². The number of amides is 2. The average Bonchev–Trinajstić information content (AvgIpc) is 3.27. The van der Waals surface area contributed by atoms with E-state index in [1.807, 2.05) is 6.07 Å². The summed E-state index contributed by atoms with van der Waals surface area (Å²) in [4.78, 5) is 28.2. The first-order valence-electron chi connectivity index (χ1n) is 9.53. The Morgan fingerprint density at radius 2 is 1.79 bits per heavy atom. The zero-order valence-electron chi connectivity index (χ0n) is 16.1. The van der Waals surface area contributed by atoms with Crippen LogP contribution in [0.5, 0.6) is 0 Å². The Morgan fingerprint density at radius 1 is 1.10 bits per heavy atom. The van der Waals surface area contributed by atoms with E-state index in [0.29, 0.717) is 0 Å². The number of carbonyl (C=O) groups is 2. The molecule has 1 aromatic heterocycles. The first-order valence-corrected chi connectivity index (χ1v) is 9.53. The van der Waals surface area contributed by atoms with Crippen molar-refractivity contribution in [1.29, 1.82) is 0 Å². The predicted octanol–water partition coefficient (Wildman–Crippen LogP) is 1.70. The van der Waals surface area contributed by atoms with E-state index in [2.05, 4.69) is 27.0 Å². The lowest BCUT2D eigenvalue weighted by Crippen LogP contribution is -2.50. The minimum absolute atomic E-state index is 0.184. The molecule has 0 radical (unpaired) electrons. The Morgan fingerprint density at radius 3 is 2.41 bits per heavy atom. The number of nitrogens with one attached hydrogen (secondary N) is 2. The predicted molar refractivity (Wildman–Crippen MR) is 108 cm³/mol. The lowest BCUT2D eigenvalue weighted by atomic mass is 10.1. The highest BCUT2D eigenvalue weighted by atomic mass is 19.1. The van der Waals surface area contributed by atoms with Crippen LogP contribution in [0.25, 0.3) is 0 Å². The summed E-state index contributed by atoms with van der Waals surface area (Å²) < 4.78 is 18.7. The fourth-order valence-corrected chi connectivity index (χ4v) is 3.35. The number of carbonyl (C=O) groups excluding carboxylic acids is 2. The Balaban J connectivity index is 1.60. The monoisotopic (exact) mass is 400 g/mol. The second-order valence-electron chi connectivity index (χ2n) is 6.74. The first kappa shape index (κ1) is 20.6. The van der Waals surface area contributed by atoms with Gasteiger partial charge in [0.2, 0.25) is 0 Å². The van der Waals surface area contributed by atoms with Crippen LogP contribution in [0.1, 0.15) is 11.8 Å². The van der Waals surface area contributed by atoms with Crippen molar-refractivity contribution in [3.63, 3.8) is 0 Å². The van der Waals surface area contributed by atoms with E-state index in [4.69, 9.17) is 4.42 Å². The number of furan rings is 1. The van der Waals surface area contributed by atoms with Gasteiger partial charge < -0.3 is 20.0 Å². The molecular weight excluding hydrogens is 375 g/mol. The van der Waals surface area contributed by atoms with Crippen molar-refractivity contribution in [1.82, 2.24) is 15.5 Å². The number of hydrogen-bond donors (Lipinski definition) is 2. The van der Waals surface area contributed by atoms with E-state index in [1.54, 1.807) is 24.5 Å². The van der Waals surface area contributed by atoms with Crippen molar-refractivity contribution in [3.8, 4) is 0 Å². The van der Waals surface area contributed by atoms with Gasteiger partial charge in [-0.1, -0.05) is 6.08 Å². The number of rotatable bonds is 7. The van der Waals surface area contributed by atoms with Crippen LogP contribution in [0.15, 0.2) is 59.7 Å². The third-order valence-corrected chi connectivity index (χ3v) is 4.89. The van der Waals surface area contributed by atoms with Gasteiger partial charge in [0.05, 0.1) is 12.3 Å². The minimum Gasteiger partial charge on any atom is -0.468 e. The molecule has 0 unspecified atom stereocenters. The fraction of sp³-hybridized carbons (Fsp3) is 0.333. The summed E-state index contributed by atoms with van der Waals surface area (Å²) in [6, 6.07) is 9.95. The summed E-state index contributed by atoms with van der Waals surface area (Å²) in [5.74, 6) is -0.900. The minimum atomic E-state index is -0.691. The number of piperazine rings is 1. The maximum absolute atomic E-state index is 13.1. The van der Waals surface area contributed by atoms with Gasteiger partial charge in [0.15, 0.2) is 0 Å². The highest BCUT2D eigenvalue weighted by molar-refractivity contribution is 6.35. The summed E-state index contributed by atoms with van der Waals surface area (Å²) in [5.41, 5.74) is 0.979. The zero-order chi connectivity index (χ0) is 20.6. The summed E-state index contributed by atoms with van der Waals surface area (Å²) in [7, 11) is 0. The Hall–Kier alpha value is -3.13. The molecule has 29 heavy (non-hydrogen) atoms. The van der Waals surface area contributed by atoms with Crippen molar-refractivity contribution < 1.29 is 18.4 Å². The lowest BCUT2D eigenvalue weighted by molar-refractivity contribution is -0.139. The normalized spacial score (nSPS) is 15.6. The molecule has 8 heteroatoms. The van der Waals surface area contributed by atoms with Crippen molar-refractivity contribution in [2.24, 2.45) is 0 Å². The summed E-state index contributed by atoms with van der Waals surface area (Å²) in [6.07, 6.45) is 3.10. The van der Waals surface area contributed by atoms with Crippen LogP contribution in [0.2, 0.25) is 0 Å². The second kappa shape index (κ2) is 9.88. The fourth-order valence-electron chi connectivity index (χ4n) is 3.35. The van der Waals surface area contributed by atoms with Crippen LogP contribution >= 0.6 is 0 Å². The molecule has 1 aliphatic heterocycles. The van der Waals surface area contributed by atoms with Gasteiger partial charge in [-0.25, -0.2) is 4.39 Å². The summed E-state index contributed by atoms with van der Waals surface area (Å²) in [6.45, 7) is 6.99. The first-order chi connectivity index (χ1) is 14.1. The molecule has 2 aromatic rings. The summed E-state index contributed by atoms with van der Waals surface area (Å²) >= 11 is 0. The van der Waals surface area contributed by atoms with Gasteiger partial charge in [0, 0.05) is 45.0 Å². The van der Waals surface area contributed by atoms with E-state index in [9.17, 15) is 14.0 Å². The highest BCUT2D eigenvalue weighted by Crippen LogP contribution is 2.24. The molecule has 154 valence electrons. The lowest BCUT2D eigenvalue weighted by Gasteiger charge is -2.39. The number of anilines is 1. The Kier molecular flexibility index (Phi) is 7.02. The van der Waals surface area contributed by atoms with Gasteiger partial charge in [-0.2, -0.15) is 0 Å². The van der Waals surface area contributed by atoms with Crippen LogP contribution < -0.4 is 15.5 Å². The molecule has 2 heterocycles. The Labute approximate surface area is 169 Å². The third-order valence-electron chi connectivity index (χ3n) is 4.89. The van der Waals surface area contributed by atoms with Crippen LogP contribution in [-0.4, -0.2) is 56.0 Å². The zero-order valence-corrected chi connectivity index (χ0v) is 16.1. The highest BCUT2D eigenvalue weighted by Gasteiger charge is 2.28. The molecule has 2 N–H and O–H groups in total. The number of hydrogen-bond acceptors (Lipinski definition) is 5. The molecule has 0 aliphatic carbocycles. The molecule has 2 amide bonds. The van der Waals surface area contributed by atoms with Crippen LogP contribution in [-0.2, 0) is 9.59 Å². The molecule has 1 aliphatic rings. The molecule has 0 saturated carbocycles. The Bertz CT molecular complexity index is 815. The van der Waals surface area contributed by atoms with Crippen molar-refractivity contribution >= 4 is 17.5 Å². The van der Waals surface area contributed by atoms with Crippen LogP contribution in [0.3, 0.4) is 0 Å². The average molecular weight is 400 g/mol. The molecule has 7 nitrogen and oxygen atoms in total. The SMILES string of the molecule is C=CCNC(=O)C(=O)NC[C@H](c1ccco1)N1CCN(c2ccc(F)cc2)CC1. The summed E-state index contributed by atoms with van der Waals surface area (Å²) in [5, 5.41) is 5.14. The van der Waals surface area contributed by atoms with E-state index in [1.165, 1.54) is 18.2 Å². The standard InChI is InChI=1S/C21H25FN4O3/c1-2-9-23-20(27)21(28)24-15-18(19-4-3-14-29-19)26-12-10-25(11-13-26)17-7-5-16(22)6-8-17/h2-8,14,18H,1,9-13,15H2,(H,23,27)(H,24,28)/t18-/m1/s1. The van der Waals surface area contributed by atoms with Gasteiger partial charge in [-0.05, 0) is 36.4 Å². The molecule has 1 fully saturated rings. The molecule has 0 bridgehead atoms. The maximum Gasteiger partial charge on any atom is 0.309 e. The van der Waals surface area contributed by atoms with E-state index in [0.717, 1.165) is 37.6 Å². The van der Waals surface area contributed by atoms with Crippen molar-refractivity contribution in [2.75, 3.05) is 44.2 Å². The second-order valence-corrected chi connectivity index (χ2v) is 6.74. The molecule has 1 saturated heterocycles. The third kappa shape index (κ3) is 5.45. The number of halogens is 1. The molecular formula is C21H25FN4O3. The quantitative estimate of drug-likeness (QED) is 0.547. The van der Waals surface area contributed by atoms with Gasteiger partial charge >= 0.3 is 11.8 Å². The number of benzene rings is 1. The van der Waals surface area contributed by atoms with Crippen molar-refractivity contribution in [3.05, 3.63) is 66.9 Å². The van der Waals surface area contributed by atoms with Gasteiger partial charge in [-0.3, -0.25) is 14.5 Å². The molecule has 0 spiro atoms. The molecule has 1 atom stereocenters. The van der Waals surface area contributed by atoms with Gasteiger partial charge in [0.25, 0.3) is 0 Å². The van der Waals surface area contributed by atoms with Gasteiger partial charge in [-0.15, -0.1) is 6.58 Å². The largest absolute Gasteiger partial charge is 0.468 e. The molecule has 3 rings (SSSR count). The van der Waals surface area contributed by atoms with Crippen LogP contribution in [0.4, 0.5) is 10.1 Å². The van der Waals surface area contributed by atoms with Gasteiger partial charge in [0.1, 0.15) is 11.6 Å². The number of nitrogens with zero attached hydrogens (tertiary/aromatic N) is 2. The van der Waals surface area contributed by atoms with Crippen LogP contribution in [0, 0.1) is 5.82 Å².